The number of nitrogens with zero attached hydrogens (tertiary/aromatic N) is 1. The summed E-state index contributed by atoms with van der Waals surface area (Å²) in [6.07, 6.45) is 4.02. The number of halogens is 1. The molecule has 1 aromatic heterocycles. The van der Waals surface area contributed by atoms with E-state index in [0.717, 1.165) is 6.42 Å². The second-order valence-electron chi connectivity index (χ2n) is 4.40. The molecule has 1 aromatic carbocycles. The molecule has 0 saturated carbocycles. The number of hydrogen-bond acceptors (Lipinski definition) is 4. The molecule has 4 nitrogen and oxygen atoms in total. The summed E-state index contributed by atoms with van der Waals surface area (Å²) in [6, 6.07) is 6.99. The third kappa shape index (κ3) is 2.54. The number of pyridine rings is 1. The standard InChI is InChI=1S/C15H12BrNO3/c16-12-8-14-13(19-5-2-6-20-14)7-11(12)15(18)10-3-1-4-17-9-10/h1,3-4,7-9H,2,5-6H2. The predicted octanol–water partition coefficient (Wildman–Crippen LogP) is 3.24. The summed E-state index contributed by atoms with van der Waals surface area (Å²) >= 11 is 3.42. The maximum Gasteiger partial charge on any atom is 0.195 e. The Bertz CT molecular complexity index is 643. The van der Waals surface area contributed by atoms with Crippen molar-refractivity contribution >= 4 is 21.7 Å². The minimum atomic E-state index is -0.0966. The monoisotopic (exact) mass is 333 g/mol. The van der Waals surface area contributed by atoms with Gasteiger partial charge in [0.25, 0.3) is 0 Å². The molecule has 0 fully saturated rings. The smallest absolute Gasteiger partial charge is 0.195 e. The summed E-state index contributed by atoms with van der Waals surface area (Å²) < 4.78 is 11.9. The Hall–Kier alpha value is -1.88. The van der Waals surface area contributed by atoms with Crippen LogP contribution in [0.1, 0.15) is 22.3 Å². The van der Waals surface area contributed by atoms with Crippen molar-refractivity contribution in [1.82, 2.24) is 4.98 Å². The van der Waals surface area contributed by atoms with Gasteiger partial charge in [-0.3, -0.25) is 9.78 Å². The summed E-state index contributed by atoms with van der Waals surface area (Å²) in [7, 11) is 0. The van der Waals surface area contributed by atoms with Gasteiger partial charge in [-0.2, -0.15) is 0 Å². The largest absolute Gasteiger partial charge is 0.490 e. The van der Waals surface area contributed by atoms with E-state index in [4.69, 9.17) is 9.47 Å². The minimum Gasteiger partial charge on any atom is -0.490 e. The van der Waals surface area contributed by atoms with E-state index in [2.05, 4.69) is 20.9 Å². The Kier molecular flexibility index (Phi) is 3.69. The maximum absolute atomic E-state index is 12.5. The number of benzene rings is 1. The number of carbonyl (C=O) groups is 1. The lowest BCUT2D eigenvalue weighted by Gasteiger charge is -2.11. The molecule has 0 amide bonds. The highest BCUT2D eigenvalue weighted by Crippen LogP contribution is 2.36. The molecule has 20 heavy (non-hydrogen) atoms. The Balaban J connectivity index is 2.02. The molecule has 0 saturated heterocycles. The van der Waals surface area contributed by atoms with Crippen LogP contribution in [0.5, 0.6) is 11.5 Å². The quantitative estimate of drug-likeness (QED) is 0.791. The van der Waals surface area contributed by atoms with Crippen LogP contribution in [0.4, 0.5) is 0 Å². The zero-order valence-corrected chi connectivity index (χ0v) is 12.2. The van der Waals surface area contributed by atoms with Crippen LogP contribution in [0, 0.1) is 0 Å². The van der Waals surface area contributed by atoms with Crippen molar-refractivity contribution in [2.24, 2.45) is 0 Å². The van der Waals surface area contributed by atoms with E-state index >= 15 is 0 Å². The Morgan fingerprint density at radius 2 is 1.95 bits per heavy atom. The van der Waals surface area contributed by atoms with Gasteiger partial charge < -0.3 is 9.47 Å². The fourth-order valence-corrected chi connectivity index (χ4v) is 2.51. The number of ketones is 1. The van der Waals surface area contributed by atoms with Crippen molar-refractivity contribution in [2.75, 3.05) is 13.2 Å². The van der Waals surface area contributed by atoms with E-state index in [1.165, 1.54) is 0 Å². The fourth-order valence-electron chi connectivity index (χ4n) is 2.01. The number of fused-ring (bicyclic) bond motifs is 1. The van der Waals surface area contributed by atoms with Crippen molar-refractivity contribution in [3.05, 3.63) is 52.3 Å². The first-order valence-electron chi connectivity index (χ1n) is 6.29. The van der Waals surface area contributed by atoms with Crippen molar-refractivity contribution in [1.29, 1.82) is 0 Å². The predicted molar refractivity (Wildman–Crippen MR) is 77.4 cm³/mol. The SMILES string of the molecule is O=C(c1cccnc1)c1cc2c(cc1Br)OCCCO2. The first-order valence-corrected chi connectivity index (χ1v) is 7.09. The third-order valence-corrected chi connectivity index (χ3v) is 3.66. The van der Waals surface area contributed by atoms with Crippen LogP contribution in [0.3, 0.4) is 0 Å². The lowest BCUT2D eigenvalue weighted by molar-refractivity contribution is 0.103. The molecule has 0 aliphatic carbocycles. The molecular formula is C15H12BrNO3. The highest BCUT2D eigenvalue weighted by atomic mass is 79.9. The van der Waals surface area contributed by atoms with E-state index in [1.54, 1.807) is 36.7 Å². The molecule has 2 heterocycles. The molecule has 0 bridgehead atoms. The van der Waals surface area contributed by atoms with Gasteiger partial charge in [0.05, 0.1) is 13.2 Å². The molecule has 0 unspecified atom stereocenters. The number of rotatable bonds is 2. The molecule has 0 N–H and O–H groups in total. The summed E-state index contributed by atoms with van der Waals surface area (Å²) in [4.78, 5) is 16.4. The number of ether oxygens (including phenoxy) is 2. The second-order valence-corrected chi connectivity index (χ2v) is 5.25. The zero-order valence-electron chi connectivity index (χ0n) is 10.6. The van der Waals surface area contributed by atoms with Crippen LogP contribution in [-0.2, 0) is 0 Å². The molecule has 3 rings (SSSR count). The second kappa shape index (κ2) is 5.63. The van der Waals surface area contributed by atoms with E-state index in [0.29, 0.717) is 40.3 Å². The molecule has 0 atom stereocenters. The van der Waals surface area contributed by atoms with Gasteiger partial charge in [-0.15, -0.1) is 0 Å². The lowest BCUT2D eigenvalue weighted by Crippen LogP contribution is -2.04. The van der Waals surface area contributed by atoms with E-state index in [-0.39, 0.29) is 5.78 Å². The van der Waals surface area contributed by atoms with Gasteiger partial charge in [0, 0.05) is 34.4 Å². The van der Waals surface area contributed by atoms with Gasteiger partial charge in [0.2, 0.25) is 0 Å². The van der Waals surface area contributed by atoms with Crippen LogP contribution in [-0.4, -0.2) is 24.0 Å². The van der Waals surface area contributed by atoms with E-state index in [9.17, 15) is 4.79 Å². The van der Waals surface area contributed by atoms with Crippen molar-refractivity contribution in [3.63, 3.8) is 0 Å². The molecular weight excluding hydrogens is 322 g/mol. The summed E-state index contributed by atoms with van der Waals surface area (Å²) in [5, 5.41) is 0. The van der Waals surface area contributed by atoms with Gasteiger partial charge >= 0.3 is 0 Å². The first kappa shape index (κ1) is 13.1. The van der Waals surface area contributed by atoms with Crippen molar-refractivity contribution in [3.8, 4) is 11.5 Å². The highest BCUT2D eigenvalue weighted by Gasteiger charge is 2.19. The normalized spacial score (nSPS) is 13.7. The highest BCUT2D eigenvalue weighted by molar-refractivity contribution is 9.10. The van der Waals surface area contributed by atoms with E-state index < -0.39 is 0 Å². The molecule has 1 aliphatic rings. The zero-order chi connectivity index (χ0) is 13.9. The average Bonchev–Trinajstić information content (AvgIpc) is 2.71. The van der Waals surface area contributed by atoms with E-state index in [1.807, 2.05) is 0 Å². The molecule has 1 aliphatic heterocycles. The van der Waals surface area contributed by atoms with Crippen LogP contribution in [0.25, 0.3) is 0 Å². The van der Waals surface area contributed by atoms with Crippen LogP contribution in [0.15, 0.2) is 41.1 Å². The maximum atomic E-state index is 12.5. The third-order valence-electron chi connectivity index (χ3n) is 3.01. The van der Waals surface area contributed by atoms with Gasteiger partial charge in [0.15, 0.2) is 17.3 Å². The van der Waals surface area contributed by atoms with Gasteiger partial charge in [-0.05, 0) is 40.2 Å². The van der Waals surface area contributed by atoms with Gasteiger partial charge in [-0.25, -0.2) is 0 Å². The number of hydrogen-bond donors (Lipinski definition) is 0. The number of aromatic nitrogens is 1. The Morgan fingerprint density at radius 3 is 2.65 bits per heavy atom. The summed E-state index contributed by atoms with van der Waals surface area (Å²) in [5.74, 6) is 1.18. The molecule has 0 spiro atoms. The van der Waals surface area contributed by atoms with Gasteiger partial charge in [0.1, 0.15) is 0 Å². The van der Waals surface area contributed by atoms with Crippen LogP contribution < -0.4 is 9.47 Å². The molecule has 2 aromatic rings. The lowest BCUT2D eigenvalue weighted by atomic mass is 10.0. The first-order chi connectivity index (χ1) is 9.75. The summed E-state index contributed by atoms with van der Waals surface area (Å²) in [6.45, 7) is 1.21. The molecule has 102 valence electrons. The van der Waals surface area contributed by atoms with Crippen LogP contribution >= 0.6 is 15.9 Å². The topological polar surface area (TPSA) is 48.4 Å². The fraction of sp³-hybridized carbons (Fsp3) is 0.200. The molecule has 5 heteroatoms. The van der Waals surface area contributed by atoms with Gasteiger partial charge in [-0.1, -0.05) is 0 Å². The summed E-state index contributed by atoms with van der Waals surface area (Å²) in [5.41, 5.74) is 1.09. The number of carbonyl (C=O) groups excluding carboxylic acids is 1. The molecule has 0 radical (unpaired) electrons. The van der Waals surface area contributed by atoms with Crippen LogP contribution in [0.2, 0.25) is 0 Å². The Labute approximate surface area is 124 Å². The minimum absolute atomic E-state index is 0.0966. The Morgan fingerprint density at radius 1 is 1.20 bits per heavy atom. The van der Waals surface area contributed by atoms with Crippen molar-refractivity contribution in [2.45, 2.75) is 6.42 Å². The average molecular weight is 334 g/mol. The van der Waals surface area contributed by atoms with Crippen molar-refractivity contribution < 1.29 is 14.3 Å².